The van der Waals surface area contributed by atoms with E-state index in [9.17, 15) is 29.0 Å². The Bertz CT molecular complexity index is 876. The van der Waals surface area contributed by atoms with Crippen LogP contribution in [0.25, 0.3) is 0 Å². The molecule has 0 aliphatic carbocycles. The Kier molecular flexibility index (Phi) is 7.51. The quantitative estimate of drug-likeness (QED) is 0.533. The Morgan fingerprint density at radius 1 is 1.14 bits per heavy atom. The standard InChI is InChI=1S/C19H24FN3O5/c1-2-3-7-15(17(24)25)21-16(18(26)27)12-23-9-8-22(19(23)28)11-13-5-4-6-14(20)10-13/h4-6,8-10,15-16,21H,2-3,7,11-12H2,1H3,(H,24,25)(H,26,27). The minimum Gasteiger partial charge on any atom is -0.480 e. The summed E-state index contributed by atoms with van der Waals surface area (Å²) < 4.78 is 15.8. The highest BCUT2D eigenvalue weighted by molar-refractivity contribution is 5.77. The van der Waals surface area contributed by atoms with Crippen LogP contribution in [0.5, 0.6) is 0 Å². The van der Waals surface area contributed by atoms with E-state index in [1.165, 1.54) is 33.7 Å². The first-order valence-corrected chi connectivity index (χ1v) is 9.03. The zero-order valence-corrected chi connectivity index (χ0v) is 15.5. The van der Waals surface area contributed by atoms with E-state index in [2.05, 4.69) is 5.32 Å². The molecule has 0 fully saturated rings. The van der Waals surface area contributed by atoms with Gasteiger partial charge in [-0.1, -0.05) is 31.9 Å². The van der Waals surface area contributed by atoms with Crippen LogP contribution in [0.3, 0.4) is 0 Å². The molecule has 8 nitrogen and oxygen atoms in total. The number of nitrogens with one attached hydrogen (secondary N) is 1. The first-order valence-electron chi connectivity index (χ1n) is 9.03. The molecule has 0 saturated heterocycles. The van der Waals surface area contributed by atoms with Crippen LogP contribution in [0.2, 0.25) is 0 Å². The molecule has 1 aromatic carbocycles. The van der Waals surface area contributed by atoms with Crippen molar-refractivity contribution < 1.29 is 24.2 Å². The molecule has 1 aromatic heterocycles. The van der Waals surface area contributed by atoms with Gasteiger partial charge in [-0.2, -0.15) is 0 Å². The van der Waals surface area contributed by atoms with E-state index in [1.54, 1.807) is 12.1 Å². The van der Waals surface area contributed by atoms with Gasteiger partial charge in [0.2, 0.25) is 0 Å². The van der Waals surface area contributed by atoms with Gasteiger partial charge in [-0.15, -0.1) is 0 Å². The van der Waals surface area contributed by atoms with E-state index in [4.69, 9.17) is 0 Å². The second-order valence-electron chi connectivity index (χ2n) is 6.58. The number of nitrogens with zero attached hydrogens (tertiary/aromatic N) is 2. The number of rotatable bonds is 11. The Balaban J connectivity index is 2.13. The van der Waals surface area contributed by atoms with Crippen LogP contribution < -0.4 is 11.0 Å². The fraction of sp³-hybridized carbons (Fsp3) is 0.421. The van der Waals surface area contributed by atoms with Gasteiger partial charge >= 0.3 is 17.6 Å². The summed E-state index contributed by atoms with van der Waals surface area (Å²) in [5, 5.41) is 21.3. The molecule has 0 aliphatic heterocycles. The van der Waals surface area contributed by atoms with Gasteiger partial charge in [-0.25, -0.2) is 9.18 Å². The summed E-state index contributed by atoms with van der Waals surface area (Å²) in [5.74, 6) is -2.78. The topological polar surface area (TPSA) is 114 Å². The van der Waals surface area contributed by atoms with Crippen LogP contribution in [0.4, 0.5) is 4.39 Å². The van der Waals surface area contributed by atoms with Crippen LogP contribution in [0, 0.1) is 5.82 Å². The largest absolute Gasteiger partial charge is 0.480 e. The number of hydrogen-bond donors (Lipinski definition) is 3. The minimum atomic E-state index is -1.24. The number of hydrogen-bond acceptors (Lipinski definition) is 4. The molecule has 0 spiro atoms. The molecule has 0 amide bonds. The lowest BCUT2D eigenvalue weighted by atomic mass is 10.1. The number of aliphatic carboxylic acids is 2. The highest BCUT2D eigenvalue weighted by Gasteiger charge is 2.26. The molecule has 2 rings (SSSR count). The van der Waals surface area contributed by atoms with Gasteiger partial charge in [0.1, 0.15) is 17.9 Å². The molecule has 0 radical (unpaired) electrons. The molecule has 2 unspecified atom stereocenters. The zero-order chi connectivity index (χ0) is 20.7. The predicted octanol–water partition coefficient (Wildman–Crippen LogP) is 1.52. The summed E-state index contributed by atoms with van der Waals surface area (Å²) in [7, 11) is 0. The predicted molar refractivity (Wildman–Crippen MR) is 99.7 cm³/mol. The number of halogens is 1. The van der Waals surface area contributed by atoms with Crippen molar-refractivity contribution in [3.05, 3.63) is 58.5 Å². The van der Waals surface area contributed by atoms with Crippen LogP contribution in [0.15, 0.2) is 41.5 Å². The van der Waals surface area contributed by atoms with Crippen LogP contribution in [-0.2, 0) is 22.7 Å². The van der Waals surface area contributed by atoms with Crippen molar-refractivity contribution in [1.82, 2.24) is 14.5 Å². The number of carboxylic acid groups (broad SMARTS) is 2. The van der Waals surface area contributed by atoms with E-state index in [0.717, 1.165) is 6.42 Å². The van der Waals surface area contributed by atoms with Crippen molar-refractivity contribution in [2.24, 2.45) is 0 Å². The van der Waals surface area contributed by atoms with Gasteiger partial charge in [0.15, 0.2) is 0 Å². The van der Waals surface area contributed by atoms with Gasteiger partial charge in [0.25, 0.3) is 0 Å². The van der Waals surface area contributed by atoms with Crippen molar-refractivity contribution >= 4 is 11.9 Å². The van der Waals surface area contributed by atoms with Gasteiger partial charge in [-0.3, -0.25) is 24.0 Å². The first kappa shape index (κ1) is 21.4. The number of imidazole rings is 1. The summed E-state index contributed by atoms with van der Waals surface area (Å²) >= 11 is 0. The average Bonchev–Trinajstić information content (AvgIpc) is 2.97. The fourth-order valence-electron chi connectivity index (χ4n) is 2.87. The molecule has 152 valence electrons. The average molecular weight is 393 g/mol. The van der Waals surface area contributed by atoms with Crippen molar-refractivity contribution in [2.45, 2.75) is 51.4 Å². The molecular formula is C19H24FN3O5. The van der Waals surface area contributed by atoms with E-state index in [1.807, 2.05) is 6.92 Å². The third kappa shape index (κ3) is 5.78. The first-order chi connectivity index (χ1) is 13.3. The summed E-state index contributed by atoms with van der Waals surface area (Å²) in [6.07, 6.45) is 4.63. The maximum Gasteiger partial charge on any atom is 0.328 e. The molecule has 9 heteroatoms. The van der Waals surface area contributed by atoms with Crippen LogP contribution >= 0.6 is 0 Å². The third-order valence-corrected chi connectivity index (χ3v) is 4.38. The molecule has 0 bridgehead atoms. The Hall–Kier alpha value is -2.94. The molecule has 1 heterocycles. The van der Waals surface area contributed by atoms with Crippen molar-refractivity contribution in [3.8, 4) is 0 Å². The Labute approximate surface area is 161 Å². The number of unbranched alkanes of at least 4 members (excludes halogenated alkanes) is 1. The molecule has 0 saturated carbocycles. The summed E-state index contributed by atoms with van der Waals surface area (Å²) in [6, 6.07) is 3.60. The van der Waals surface area contributed by atoms with E-state index in [-0.39, 0.29) is 13.1 Å². The molecule has 28 heavy (non-hydrogen) atoms. The fourth-order valence-corrected chi connectivity index (χ4v) is 2.87. The highest BCUT2D eigenvalue weighted by Crippen LogP contribution is 2.06. The van der Waals surface area contributed by atoms with Crippen molar-refractivity contribution in [1.29, 1.82) is 0 Å². The lowest BCUT2D eigenvalue weighted by Gasteiger charge is -2.20. The zero-order valence-electron chi connectivity index (χ0n) is 15.5. The Morgan fingerprint density at radius 2 is 1.82 bits per heavy atom. The smallest absolute Gasteiger partial charge is 0.328 e. The van der Waals surface area contributed by atoms with Crippen molar-refractivity contribution in [3.63, 3.8) is 0 Å². The van der Waals surface area contributed by atoms with Crippen LogP contribution in [-0.4, -0.2) is 43.4 Å². The summed E-state index contributed by atoms with van der Waals surface area (Å²) in [4.78, 5) is 35.4. The van der Waals surface area contributed by atoms with Gasteiger partial charge in [0.05, 0.1) is 13.1 Å². The number of benzene rings is 1. The molecule has 3 N–H and O–H groups in total. The SMILES string of the molecule is CCCCC(NC(Cn1ccn(Cc2cccc(F)c2)c1=O)C(=O)O)C(=O)O. The lowest BCUT2D eigenvalue weighted by Crippen LogP contribution is -2.50. The van der Waals surface area contributed by atoms with Gasteiger partial charge in [0, 0.05) is 12.4 Å². The third-order valence-electron chi connectivity index (χ3n) is 4.38. The Morgan fingerprint density at radius 3 is 2.43 bits per heavy atom. The van der Waals surface area contributed by atoms with Crippen LogP contribution in [0.1, 0.15) is 31.7 Å². The highest BCUT2D eigenvalue weighted by atomic mass is 19.1. The van der Waals surface area contributed by atoms with Gasteiger partial charge < -0.3 is 10.2 Å². The number of aromatic nitrogens is 2. The molecular weight excluding hydrogens is 369 g/mol. The van der Waals surface area contributed by atoms with Crippen molar-refractivity contribution in [2.75, 3.05) is 0 Å². The van der Waals surface area contributed by atoms with E-state index in [0.29, 0.717) is 18.4 Å². The minimum absolute atomic E-state index is 0.142. The second kappa shape index (κ2) is 9.84. The summed E-state index contributed by atoms with van der Waals surface area (Å²) in [5.41, 5.74) is 0.135. The van der Waals surface area contributed by atoms with Gasteiger partial charge in [-0.05, 0) is 24.1 Å². The number of carboxylic acids is 2. The van der Waals surface area contributed by atoms with E-state index < -0.39 is 35.5 Å². The second-order valence-corrected chi connectivity index (χ2v) is 6.58. The maximum atomic E-state index is 13.3. The normalized spacial score (nSPS) is 13.2. The summed E-state index contributed by atoms with van der Waals surface area (Å²) in [6.45, 7) is 1.83. The molecule has 0 aliphatic rings. The number of carbonyl (C=O) groups is 2. The van der Waals surface area contributed by atoms with E-state index >= 15 is 0 Å². The monoisotopic (exact) mass is 393 g/mol. The molecule has 2 aromatic rings. The maximum absolute atomic E-state index is 13.3. The molecule has 2 atom stereocenters. The lowest BCUT2D eigenvalue weighted by molar-refractivity contribution is -0.143.